The third-order valence-corrected chi connectivity index (χ3v) is 4.95. The molecule has 0 amide bonds. The molecular weight excluding hydrogens is 326 g/mol. The van der Waals surface area contributed by atoms with Gasteiger partial charge in [-0.1, -0.05) is 13.8 Å². The van der Waals surface area contributed by atoms with Gasteiger partial charge in [0.25, 0.3) is 0 Å². The highest BCUT2D eigenvalue weighted by molar-refractivity contribution is 5.82. The molecule has 1 aliphatic heterocycles. The molecule has 0 spiro atoms. The standard InChI is InChI=1S/C19H25N7/c1-12(2)17-11-26(7-6-20-17)19-21-9-13(3)18(24-19)23-15-4-5-16-14(8-15)10-22-25-16/h4-5,8-10,12,17,20H,6-7,11H2,1-3H3,(H,22,25)(H,21,23,24). The molecule has 3 N–H and O–H groups in total. The Hall–Kier alpha value is -2.67. The monoisotopic (exact) mass is 351 g/mol. The van der Waals surface area contributed by atoms with Gasteiger partial charge in [-0.3, -0.25) is 5.10 Å². The summed E-state index contributed by atoms with van der Waals surface area (Å²) in [4.78, 5) is 11.6. The van der Waals surface area contributed by atoms with Gasteiger partial charge in [0.2, 0.25) is 5.95 Å². The smallest absolute Gasteiger partial charge is 0.227 e. The summed E-state index contributed by atoms with van der Waals surface area (Å²) < 4.78 is 0. The number of aromatic nitrogens is 4. The summed E-state index contributed by atoms with van der Waals surface area (Å²) >= 11 is 0. The Morgan fingerprint density at radius 1 is 1.27 bits per heavy atom. The average molecular weight is 351 g/mol. The summed E-state index contributed by atoms with van der Waals surface area (Å²) in [7, 11) is 0. The quantitative estimate of drug-likeness (QED) is 0.670. The molecule has 1 aliphatic rings. The van der Waals surface area contributed by atoms with Crippen LogP contribution in [-0.4, -0.2) is 45.8 Å². The van der Waals surface area contributed by atoms with E-state index in [2.05, 4.69) is 50.6 Å². The topological polar surface area (TPSA) is 81.8 Å². The molecule has 7 heteroatoms. The number of hydrogen-bond donors (Lipinski definition) is 3. The van der Waals surface area contributed by atoms with Crippen molar-refractivity contribution in [2.45, 2.75) is 26.8 Å². The fraction of sp³-hybridized carbons (Fsp3) is 0.421. The van der Waals surface area contributed by atoms with E-state index in [1.54, 1.807) is 0 Å². The maximum Gasteiger partial charge on any atom is 0.227 e. The van der Waals surface area contributed by atoms with E-state index in [-0.39, 0.29) is 0 Å². The molecule has 3 aromatic rings. The van der Waals surface area contributed by atoms with Crippen molar-refractivity contribution in [2.24, 2.45) is 5.92 Å². The van der Waals surface area contributed by atoms with Crippen LogP contribution in [0, 0.1) is 12.8 Å². The lowest BCUT2D eigenvalue weighted by atomic mass is 10.0. The summed E-state index contributed by atoms with van der Waals surface area (Å²) in [6, 6.07) is 6.58. The highest BCUT2D eigenvalue weighted by Gasteiger charge is 2.23. The summed E-state index contributed by atoms with van der Waals surface area (Å²) in [5.41, 5.74) is 3.04. The van der Waals surface area contributed by atoms with Crippen molar-refractivity contribution in [3.63, 3.8) is 0 Å². The van der Waals surface area contributed by atoms with Gasteiger partial charge in [-0.15, -0.1) is 0 Å². The molecule has 4 rings (SSSR count). The number of hydrogen-bond acceptors (Lipinski definition) is 6. The van der Waals surface area contributed by atoms with Crippen LogP contribution in [0.1, 0.15) is 19.4 Å². The highest BCUT2D eigenvalue weighted by Crippen LogP contribution is 2.24. The van der Waals surface area contributed by atoms with Crippen LogP contribution < -0.4 is 15.5 Å². The van der Waals surface area contributed by atoms with E-state index < -0.39 is 0 Å². The second kappa shape index (κ2) is 6.92. The second-order valence-electron chi connectivity index (χ2n) is 7.25. The molecule has 3 heterocycles. The van der Waals surface area contributed by atoms with Crippen LogP contribution in [0.5, 0.6) is 0 Å². The van der Waals surface area contributed by atoms with E-state index in [9.17, 15) is 0 Å². The van der Waals surface area contributed by atoms with Crippen molar-refractivity contribution < 1.29 is 0 Å². The molecule has 0 saturated carbocycles. The van der Waals surface area contributed by atoms with Crippen molar-refractivity contribution in [3.05, 3.63) is 36.2 Å². The van der Waals surface area contributed by atoms with Crippen LogP contribution >= 0.6 is 0 Å². The Labute approximate surface area is 153 Å². The first-order valence-electron chi connectivity index (χ1n) is 9.12. The van der Waals surface area contributed by atoms with Gasteiger partial charge in [-0.25, -0.2) is 4.98 Å². The maximum atomic E-state index is 4.81. The number of aromatic amines is 1. The number of anilines is 3. The molecule has 26 heavy (non-hydrogen) atoms. The third kappa shape index (κ3) is 3.35. The number of aryl methyl sites for hydroxylation is 1. The Morgan fingerprint density at radius 2 is 2.15 bits per heavy atom. The second-order valence-corrected chi connectivity index (χ2v) is 7.25. The predicted molar refractivity (Wildman–Crippen MR) is 105 cm³/mol. The number of benzene rings is 1. The number of rotatable bonds is 4. The molecule has 1 fully saturated rings. The zero-order valence-corrected chi connectivity index (χ0v) is 15.5. The molecule has 1 atom stereocenters. The predicted octanol–water partition coefficient (Wildman–Crippen LogP) is 2.84. The van der Waals surface area contributed by atoms with Crippen molar-refractivity contribution in [3.8, 4) is 0 Å². The average Bonchev–Trinajstić information content (AvgIpc) is 3.11. The van der Waals surface area contributed by atoms with Crippen LogP contribution in [0.25, 0.3) is 10.9 Å². The molecule has 1 unspecified atom stereocenters. The van der Waals surface area contributed by atoms with Gasteiger partial charge in [-0.05, 0) is 31.0 Å². The minimum absolute atomic E-state index is 0.466. The Bertz CT molecular complexity index is 902. The number of H-pyrrole nitrogens is 1. The van der Waals surface area contributed by atoms with E-state index in [0.29, 0.717) is 12.0 Å². The van der Waals surface area contributed by atoms with Crippen molar-refractivity contribution in [2.75, 3.05) is 29.9 Å². The summed E-state index contributed by atoms with van der Waals surface area (Å²) in [5.74, 6) is 2.22. The van der Waals surface area contributed by atoms with Crippen LogP contribution in [-0.2, 0) is 0 Å². The minimum Gasteiger partial charge on any atom is -0.340 e. The Kier molecular flexibility index (Phi) is 4.46. The van der Waals surface area contributed by atoms with Gasteiger partial charge in [0.05, 0.1) is 11.7 Å². The van der Waals surface area contributed by atoms with E-state index in [1.807, 2.05) is 31.5 Å². The molecule has 0 radical (unpaired) electrons. The Morgan fingerprint density at radius 3 is 3.00 bits per heavy atom. The van der Waals surface area contributed by atoms with Crippen molar-refractivity contribution >= 4 is 28.4 Å². The molecule has 1 aromatic carbocycles. The molecule has 136 valence electrons. The lowest BCUT2D eigenvalue weighted by Gasteiger charge is -2.35. The van der Waals surface area contributed by atoms with Gasteiger partial charge in [0.1, 0.15) is 5.82 Å². The van der Waals surface area contributed by atoms with E-state index in [0.717, 1.165) is 53.6 Å². The van der Waals surface area contributed by atoms with E-state index >= 15 is 0 Å². The van der Waals surface area contributed by atoms with Gasteiger partial charge < -0.3 is 15.5 Å². The maximum absolute atomic E-state index is 4.81. The van der Waals surface area contributed by atoms with Crippen LogP contribution in [0.4, 0.5) is 17.5 Å². The number of nitrogens with zero attached hydrogens (tertiary/aromatic N) is 4. The molecule has 2 aromatic heterocycles. The molecular formula is C19H25N7. The van der Waals surface area contributed by atoms with Crippen LogP contribution in [0.3, 0.4) is 0 Å². The zero-order valence-electron chi connectivity index (χ0n) is 15.5. The van der Waals surface area contributed by atoms with E-state index in [4.69, 9.17) is 4.98 Å². The van der Waals surface area contributed by atoms with Crippen molar-refractivity contribution in [1.82, 2.24) is 25.5 Å². The minimum atomic E-state index is 0.466. The SMILES string of the molecule is Cc1cnc(N2CCNC(C(C)C)C2)nc1Nc1ccc2[nH]ncc2c1. The third-order valence-electron chi connectivity index (χ3n) is 4.95. The van der Waals surface area contributed by atoms with Gasteiger partial charge in [0, 0.05) is 48.5 Å². The van der Waals surface area contributed by atoms with Crippen molar-refractivity contribution in [1.29, 1.82) is 0 Å². The number of piperazine rings is 1. The highest BCUT2D eigenvalue weighted by atomic mass is 15.3. The largest absolute Gasteiger partial charge is 0.340 e. The zero-order chi connectivity index (χ0) is 18.1. The summed E-state index contributed by atoms with van der Waals surface area (Å²) in [6.45, 7) is 9.33. The fourth-order valence-electron chi connectivity index (χ4n) is 3.28. The fourth-order valence-corrected chi connectivity index (χ4v) is 3.28. The van der Waals surface area contributed by atoms with Crippen LogP contribution in [0.2, 0.25) is 0 Å². The van der Waals surface area contributed by atoms with E-state index in [1.165, 1.54) is 0 Å². The normalized spacial score (nSPS) is 17.8. The molecule has 0 aliphatic carbocycles. The first kappa shape index (κ1) is 16.8. The first-order valence-corrected chi connectivity index (χ1v) is 9.12. The summed E-state index contributed by atoms with van der Waals surface area (Å²) in [6.07, 6.45) is 3.72. The lowest BCUT2D eigenvalue weighted by Crippen LogP contribution is -2.53. The summed E-state index contributed by atoms with van der Waals surface area (Å²) in [5, 5.41) is 15.1. The van der Waals surface area contributed by atoms with Gasteiger partial charge >= 0.3 is 0 Å². The molecule has 1 saturated heterocycles. The molecule has 7 nitrogen and oxygen atoms in total. The number of nitrogens with one attached hydrogen (secondary N) is 3. The first-order chi connectivity index (χ1) is 12.6. The molecule has 0 bridgehead atoms. The van der Waals surface area contributed by atoms with Crippen LogP contribution in [0.15, 0.2) is 30.6 Å². The number of fused-ring (bicyclic) bond motifs is 1. The lowest BCUT2D eigenvalue weighted by molar-refractivity contribution is 0.366. The Balaban J connectivity index is 1.57. The van der Waals surface area contributed by atoms with Gasteiger partial charge in [-0.2, -0.15) is 10.1 Å². The van der Waals surface area contributed by atoms with Gasteiger partial charge in [0.15, 0.2) is 0 Å².